The van der Waals surface area contributed by atoms with Crippen LogP contribution in [0.4, 0.5) is 18.9 Å². The molecule has 12 heteroatoms. The Hall–Kier alpha value is -3.44. The van der Waals surface area contributed by atoms with Gasteiger partial charge in [-0.1, -0.05) is 27.7 Å². The molecule has 1 aliphatic rings. The normalized spacial score (nSPS) is 17.5. The van der Waals surface area contributed by atoms with Crippen LogP contribution in [-0.4, -0.2) is 49.0 Å². The topological polar surface area (TPSA) is 134 Å². The molecule has 0 unspecified atom stereocenters. The summed E-state index contributed by atoms with van der Waals surface area (Å²) in [5.41, 5.74) is -1.21. The number of amides is 1. The standard InChI is InChI=1S/C18H22N4O3.C2HF3O2/c1-16(2)17(3,4)18(16,15(24)25)14(23)21-13-9-20-22(11-13)10-12-5-7-19-8-6-12;3-2(4,5)1(6)7/h5-9,11H,10H2,1-4H3,(H,21,23)(H,24,25);(H,6,7). The van der Waals surface area contributed by atoms with Crippen molar-refractivity contribution in [1.82, 2.24) is 14.8 Å². The lowest BCUT2D eigenvalue weighted by molar-refractivity contribution is -0.192. The number of nitrogens with one attached hydrogen (secondary N) is 1. The molecule has 32 heavy (non-hydrogen) atoms. The minimum absolute atomic E-state index is 0.484. The van der Waals surface area contributed by atoms with E-state index in [2.05, 4.69) is 15.4 Å². The van der Waals surface area contributed by atoms with Gasteiger partial charge in [-0.05, 0) is 28.5 Å². The molecule has 1 aliphatic carbocycles. The average Bonchev–Trinajstić information content (AvgIpc) is 2.93. The molecule has 9 nitrogen and oxygen atoms in total. The van der Waals surface area contributed by atoms with E-state index in [0.717, 1.165) is 5.56 Å². The Morgan fingerprint density at radius 1 is 1.06 bits per heavy atom. The van der Waals surface area contributed by atoms with Gasteiger partial charge in [0.2, 0.25) is 5.91 Å². The number of pyridine rings is 1. The van der Waals surface area contributed by atoms with Crippen LogP contribution in [0, 0.1) is 16.2 Å². The zero-order valence-electron chi connectivity index (χ0n) is 17.8. The number of carbonyl (C=O) groups excluding carboxylic acids is 1. The number of alkyl halides is 3. The maximum Gasteiger partial charge on any atom is 0.490 e. The van der Waals surface area contributed by atoms with Crippen molar-refractivity contribution in [3.8, 4) is 0 Å². The number of carbonyl (C=O) groups is 3. The monoisotopic (exact) mass is 456 g/mol. The lowest BCUT2D eigenvalue weighted by atomic mass is 9.93. The minimum Gasteiger partial charge on any atom is -0.480 e. The molecular weight excluding hydrogens is 433 g/mol. The maximum atomic E-state index is 12.8. The molecule has 0 aromatic carbocycles. The van der Waals surface area contributed by atoms with Crippen LogP contribution in [0.3, 0.4) is 0 Å². The third kappa shape index (κ3) is 4.16. The Bertz CT molecular complexity index is 1000. The van der Waals surface area contributed by atoms with Gasteiger partial charge in [-0.2, -0.15) is 18.3 Å². The van der Waals surface area contributed by atoms with Crippen molar-refractivity contribution in [1.29, 1.82) is 0 Å². The molecule has 174 valence electrons. The molecule has 0 bridgehead atoms. The Morgan fingerprint density at radius 2 is 1.56 bits per heavy atom. The number of aliphatic carboxylic acids is 2. The zero-order chi connectivity index (χ0) is 24.5. The van der Waals surface area contributed by atoms with E-state index >= 15 is 0 Å². The molecule has 0 spiro atoms. The molecule has 0 atom stereocenters. The Labute approximate surface area is 181 Å². The fraction of sp³-hybridized carbons (Fsp3) is 0.450. The van der Waals surface area contributed by atoms with E-state index in [4.69, 9.17) is 9.90 Å². The van der Waals surface area contributed by atoms with Gasteiger partial charge in [-0.15, -0.1) is 0 Å². The number of rotatable bonds is 5. The molecule has 3 rings (SSSR count). The van der Waals surface area contributed by atoms with Crippen LogP contribution in [0.5, 0.6) is 0 Å². The van der Waals surface area contributed by atoms with Crippen LogP contribution in [0.15, 0.2) is 36.9 Å². The summed E-state index contributed by atoms with van der Waals surface area (Å²) in [6.07, 6.45) is 1.54. The average molecular weight is 456 g/mol. The number of hydrogen-bond donors (Lipinski definition) is 3. The molecule has 0 aliphatic heterocycles. The first kappa shape index (κ1) is 24.8. The number of aromatic nitrogens is 3. The maximum absolute atomic E-state index is 12.8. The molecule has 1 amide bonds. The van der Waals surface area contributed by atoms with Crippen molar-refractivity contribution in [3.63, 3.8) is 0 Å². The predicted octanol–water partition coefficient (Wildman–Crippen LogP) is 3.04. The van der Waals surface area contributed by atoms with Gasteiger partial charge in [0, 0.05) is 18.6 Å². The number of carboxylic acids is 2. The summed E-state index contributed by atoms with van der Waals surface area (Å²) in [7, 11) is 0. The van der Waals surface area contributed by atoms with Crippen molar-refractivity contribution in [2.45, 2.75) is 40.4 Å². The van der Waals surface area contributed by atoms with Gasteiger partial charge in [-0.25, -0.2) is 4.79 Å². The van der Waals surface area contributed by atoms with Crippen molar-refractivity contribution >= 4 is 23.5 Å². The van der Waals surface area contributed by atoms with Gasteiger partial charge < -0.3 is 15.5 Å². The van der Waals surface area contributed by atoms with E-state index < -0.39 is 40.3 Å². The van der Waals surface area contributed by atoms with E-state index in [1.165, 1.54) is 6.20 Å². The van der Waals surface area contributed by atoms with Gasteiger partial charge in [0.1, 0.15) is 0 Å². The number of carboxylic acid groups (broad SMARTS) is 2. The lowest BCUT2D eigenvalue weighted by Gasteiger charge is -2.15. The molecule has 2 aromatic rings. The summed E-state index contributed by atoms with van der Waals surface area (Å²) in [6, 6.07) is 3.77. The molecule has 2 heterocycles. The van der Waals surface area contributed by atoms with E-state index in [9.17, 15) is 27.9 Å². The third-order valence-electron chi connectivity index (χ3n) is 6.26. The van der Waals surface area contributed by atoms with Crippen LogP contribution in [0.25, 0.3) is 0 Å². The first-order valence-electron chi connectivity index (χ1n) is 9.35. The second-order valence-electron chi connectivity index (χ2n) is 8.34. The Kier molecular flexibility index (Phi) is 6.40. The molecule has 1 fully saturated rings. The fourth-order valence-corrected chi connectivity index (χ4v) is 3.93. The van der Waals surface area contributed by atoms with Gasteiger partial charge in [0.05, 0.1) is 18.4 Å². The predicted molar refractivity (Wildman–Crippen MR) is 106 cm³/mol. The summed E-state index contributed by atoms with van der Waals surface area (Å²) < 4.78 is 33.4. The quantitative estimate of drug-likeness (QED) is 0.589. The highest BCUT2D eigenvalue weighted by Gasteiger charge is 2.85. The number of anilines is 1. The third-order valence-corrected chi connectivity index (χ3v) is 6.26. The van der Waals surface area contributed by atoms with Crippen LogP contribution >= 0.6 is 0 Å². The summed E-state index contributed by atoms with van der Waals surface area (Å²) in [4.78, 5) is 37.6. The number of halogens is 3. The van der Waals surface area contributed by atoms with Gasteiger partial charge in [-0.3, -0.25) is 19.3 Å². The first-order chi connectivity index (χ1) is 14.6. The smallest absolute Gasteiger partial charge is 0.480 e. The summed E-state index contributed by atoms with van der Waals surface area (Å²) in [6.45, 7) is 7.79. The summed E-state index contributed by atoms with van der Waals surface area (Å²) >= 11 is 0. The van der Waals surface area contributed by atoms with Gasteiger partial charge in [0.25, 0.3) is 0 Å². The molecule has 0 saturated heterocycles. The van der Waals surface area contributed by atoms with Crippen molar-refractivity contribution < 1.29 is 37.8 Å². The van der Waals surface area contributed by atoms with E-state index in [-0.39, 0.29) is 0 Å². The Balaban J connectivity index is 0.000000451. The van der Waals surface area contributed by atoms with Gasteiger partial charge in [0.15, 0.2) is 5.41 Å². The molecule has 0 radical (unpaired) electrons. The number of hydrogen-bond acceptors (Lipinski definition) is 5. The zero-order valence-corrected chi connectivity index (χ0v) is 17.8. The fourth-order valence-electron chi connectivity index (χ4n) is 3.93. The van der Waals surface area contributed by atoms with E-state index in [1.807, 2.05) is 39.8 Å². The molecule has 1 saturated carbocycles. The summed E-state index contributed by atoms with van der Waals surface area (Å²) in [5, 5.41) is 23.8. The largest absolute Gasteiger partial charge is 0.490 e. The van der Waals surface area contributed by atoms with Crippen LogP contribution in [0.2, 0.25) is 0 Å². The van der Waals surface area contributed by atoms with Crippen molar-refractivity contribution in [2.75, 3.05) is 5.32 Å². The SMILES string of the molecule is CC1(C)C(C)(C)C1(C(=O)O)C(=O)Nc1cnn(Cc2ccncc2)c1.O=C(O)C(F)(F)F. The molecular formula is C20H23F3N4O5. The highest BCUT2D eigenvalue weighted by Crippen LogP contribution is 2.78. The lowest BCUT2D eigenvalue weighted by Crippen LogP contribution is -2.37. The van der Waals surface area contributed by atoms with Crippen molar-refractivity contribution in [2.24, 2.45) is 16.2 Å². The first-order valence-corrected chi connectivity index (χ1v) is 9.35. The van der Waals surface area contributed by atoms with E-state index in [0.29, 0.717) is 12.2 Å². The minimum atomic E-state index is -5.08. The highest BCUT2D eigenvalue weighted by molar-refractivity contribution is 6.13. The molecule has 2 aromatic heterocycles. The molecule has 3 N–H and O–H groups in total. The van der Waals surface area contributed by atoms with Crippen LogP contribution < -0.4 is 5.32 Å². The van der Waals surface area contributed by atoms with Gasteiger partial charge >= 0.3 is 18.1 Å². The highest BCUT2D eigenvalue weighted by atomic mass is 19.4. The van der Waals surface area contributed by atoms with E-state index in [1.54, 1.807) is 23.3 Å². The van der Waals surface area contributed by atoms with Crippen LogP contribution in [0.1, 0.15) is 33.3 Å². The summed E-state index contributed by atoms with van der Waals surface area (Å²) in [5.74, 6) is -4.35. The second kappa shape index (κ2) is 8.24. The van der Waals surface area contributed by atoms with Crippen LogP contribution in [-0.2, 0) is 20.9 Å². The Morgan fingerprint density at radius 3 is 1.97 bits per heavy atom. The van der Waals surface area contributed by atoms with Crippen molar-refractivity contribution in [3.05, 3.63) is 42.5 Å². The number of nitrogens with zero attached hydrogens (tertiary/aromatic N) is 3. The second-order valence-corrected chi connectivity index (χ2v) is 8.34.